The zero-order valence-electron chi connectivity index (χ0n) is 13.3. The lowest BCUT2D eigenvalue weighted by atomic mass is 10.0. The topological polar surface area (TPSA) is 51.2 Å². The van der Waals surface area contributed by atoms with Crippen LogP contribution in [0, 0.1) is 0 Å². The maximum atomic E-state index is 12.3. The van der Waals surface area contributed by atoms with E-state index in [2.05, 4.69) is 36.3 Å². The standard InChI is InChI=1S/C18H18N2O2S/c1-11(2)12-7-8-15-16(10-12)23-18(19-15)20-17(21)13-5-4-6-14(9-13)22-3/h4-11H,1-3H3,(H,19,20,21). The summed E-state index contributed by atoms with van der Waals surface area (Å²) < 4.78 is 6.23. The number of nitrogens with zero attached hydrogens (tertiary/aromatic N) is 1. The number of benzene rings is 2. The van der Waals surface area contributed by atoms with Crippen LogP contribution in [0.3, 0.4) is 0 Å². The molecule has 0 aliphatic heterocycles. The van der Waals surface area contributed by atoms with E-state index in [9.17, 15) is 4.79 Å². The molecule has 1 amide bonds. The Balaban J connectivity index is 1.84. The third-order valence-electron chi connectivity index (χ3n) is 3.63. The predicted molar refractivity (Wildman–Crippen MR) is 94.7 cm³/mol. The number of ether oxygens (including phenoxy) is 1. The van der Waals surface area contributed by atoms with E-state index in [-0.39, 0.29) is 5.91 Å². The van der Waals surface area contributed by atoms with Gasteiger partial charge in [0.05, 0.1) is 17.3 Å². The fraction of sp³-hybridized carbons (Fsp3) is 0.222. The van der Waals surface area contributed by atoms with Crippen molar-refractivity contribution in [3.8, 4) is 5.75 Å². The monoisotopic (exact) mass is 326 g/mol. The lowest BCUT2D eigenvalue weighted by molar-refractivity contribution is 0.102. The highest BCUT2D eigenvalue weighted by molar-refractivity contribution is 7.22. The maximum Gasteiger partial charge on any atom is 0.257 e. The molecule has 0 radical (unpaired) electrons. The number of rotatable bonds is 4. The first kappa shape index (κ1) is 15.5. The van der Waals surface area contributed by atoms with Crippen LogP contribution < -0.4 is 10.1 Å². The number of thiazole rings is 1. The molecule has 4 nitrogen and oxygen atoms in total. The Morgan fingerprint density at radius 1 is 1.22 bits per heavy atom. The largest absolute Gasteiger partial charge is 0.497 e. The number of carbonyl (C=O) groups is 1. The van der Waals surface area contributed by atoms with Gasteiger partial charge in [0.15, 0.2) is 5.13 Å². The second kappa shape index (κ2) is 6.38. The van der Waals surface area contributed by atoms with E-state index in [1.165, 1.54) is 16.9 Å². The van der Waals surface area contributed by atoms with Gasteiger partial charge in [0, 0.05) is 5.56 Å². The number of methoxy groups -OCH3 is 1. The van der Waals surface area contributed by atoms with Gasteiger partial charge >= 0.3 is 0 Å². The number of nitrogens with one attached hydrogen (secondary N) is 1. The molecule has 1 N–H and O–H groups in total. The molecule has 0 saturated carbocycles. The van der Waals surface area contributed by atoms with Gasteiger partial charge in [0.2, 0.25) is 0 Å². The van der Waals surface area contributed by atoms with Crippen LogP contribution in [0.1, 0.15) is 35.7 Å². The van der Waals surface area contributed by atoms with Crippen molar-refractivity contribution in [2.24, 2.45) is 0 Å². The van der Waals surface area contributed by atoms with Crippen molar-refractivity contribution in [2.75, 3.05) is 12.4 Å². The van der Waals surface area contributed by atoms with Gasteiger partial charge in [-0.2, -0.15) is 0 Å². The second-order valence-electron chi connectivity index (χ2n) is 5.59. The Hall–Kier alpha value is -2.40. The quantitative estimate of drug-likeness (QED) is 0.757. The molecule has 0 atom stereocenters. The van der Waals surface area contributed by atoms with E-state index in [1.54, 1.807) is 25.3 Å². The minimum atomic E-state index is -0.188. The van der Waals surface area contributed by atoms with Gasteiger partial charge in [0.25, 0.3) is 5.91 Å². The van der Waals surface area contributed by atoms with Crippen molar-refractivity contribution in [1.82, 2.24) is 4.98 Å². The summed E-state index contributed by atoms with van der Waals surface area (Å²) in [5.41, 5.74) is 2.72. The summed E-state index contributed by atoms with van der Waals surface area (Å²) in [5, 5.41) is 3.47. The van der Waals surface area contributed by atoms with Gasteiger partial charge in [-0.15, -0.1) is 0 Å². The van der Waals surface area contributed by atoms with Crippen LogP contribution in [0.25, 0.3) is 10.2 Å². The minimum absolute atomic E-state index is 0.188. The molecule has 3 rings (SSSR count). The number of amides is 1. The zero-order valence-corrected chi connectivity index (χ0v) is 14.1. The van der Waals surface area contributed by atoms with Crippen molar-refractivity contribution in [3.63, 3.8) is 0 Å². The Morgan fingerprint density at radius 2 is 2.04 bits per heavy atom. The normalized spacial score (nSPS) is 11.0. The number of hydrogen-bond donors (Lipinski definition) is 1. The van der Waals surface area contributed by atoms with E-state index >= 15 is 0 Å². The van der Waals surface area contributed by atoms with E-state index < -0.39 is 0 Å². The van der Waals surface area contributed by atoms with Crippen LogP contribution in [-0.2, 0) is 0 Å². The first-order chi connectivity index (χ1) is 11.1. The van der Waals surface area contributed by atoms with Gasteiger partial charge in [-0.25, -0.2) is 4.98 Å². The number of hydrogen-bond acceptors (Lipinski definition) is 4. The van der Waals surface area contributed by atoms with E-state index in [0.717, 1.165) is 10.2 Å². The van der Waals surface area contributed by atoms with Gasteiger partial charge in [-0.1, -0.05) is 37.3 Å². The van der Waals surface area contributed by atoms with E-state index in [0.29, 0.717) is 22.4 Å². The van der Waals surface area contributed by atoms with E-state index in [1.807, 2.05) is 12.1 Å². The summed E-state index contributed by atoms with van der Waals surface area (Å²) in [5.74, 6) is 0.937. The summed E-state index contributed by atoms with van der Waals surface area (Å²) in [6.45, 7) is 4.32. The fourth-order valence-electron chi connectivity index (χ4n) is 2.29. The predicted octanol–water partition coefficient (Wildman–Crippen LogP) is 4.68. The van der Waals surface area contributed by atoms with Gasteiger partial charge < -0.3 is 4.74 Å². The number of aromatic nitrogens is 1. The summed E-state index contributed by atoms with van der Waals surface area (Å²) in [4.78, 5) is 16.8. The van der Waals surface area contributed by atoms with Crippen LogP contribution in [0.4, 0.5) is 5.13 Å². The van der Waals surface area contributed by atoms with Crippen molar-refractivity contribution in [2.45, 2.75) is 19.8 Å². The molecule has 0 aliphatic rings. The van der Waals surface area contributed by atoms with Gasteiger partial charge in [0.1, 0.15) is 5.75 Å². The van der Waals surface area contributed by atoms with Crippen molar-refractivity contribution >= 4 is 32.6 Å². The number of anilines is 1. The summed E-state index contributed by atoms with van der Waals surface area (Å²) in [7, 11) is 1.58. The van der Waals surface area contributed by atoms with Crippen molar-refractivity contribution in [3.05, 3.63) is 53.6 Å². The average molecular weight is 326 g/mol. The Bertz CT molecular complexity index is 855. The number of fused-ring (bicyclic) bond motifs is 1. The molecular weight excluding hydrogens is 308 g/mol. The second-order valence-corrected chi connectivity index (χ2v) is 6.62. The number of carbonyl (C=O) groups excluding carboxylic acids is 1. The fourth-order valence-corrected chi connectivity index (χ4v) is 3.20. The van der Waals surface area contributed by atoms with Crippen LogP contribution in [0.2, 0.25) is 0 Å². The molecule has 0 unspecified atom stereocenters. The summed E-state index contributed by atoms with van der Waals surface area (Å²) in [6, 6.07) is 13.3. The summed E-state index contributed by atoms with van der Waals surface area (Å²) in [6.07, 6.45) is 0. The molecule has 5 heteroatoms. The lowest BCUT2D eigenvalue weighted by Crippen LogP contribution is -2.11. The van der Waals surface area contributed by atoms with Crippen LogP contribution in [0.15, 0.2) is 42.5 Å². The van der Waals surface area contributed by atoms with Gasteiger partial charge in [-0.05, 0) is 41.8 Å². The molecule has 2 aromatic carbocycles. The molecule has 0 saturated heterocycles. The van der Waals surface area contributed by atoms with Gasteiger partial charge in [-0.3, -0.25) is 10.1 Å². The molecule has 3 aromatic rings. The molecule has 0 bridgehead atoms. The molecule has 0 spiro atoms. The lowest BCUT2D eigenvalue weighted by Gasteiger charge is -2.03. The Kier molecular flexibility index (Phi) is 4.30. The Labute approximate surface area is 139 Å². The smallest absolute Gasteiger partial charge is 0.257 e. The van der Waals surface area contributed by atoms with Crippen molar-refractivity contribution in [1.29, 1.82) is 0 Å². The molecular formula is C18H18N2O2S. The van der Waals surface area contributed by atoms with Crippen molar-refractivity contribution < 1.29 is 9.53 Å². The Morgan fingerprint density at radius 3 is 2.78 bits per heavy atom. The summed E-state index contributed by atoms with van der Waals surface area (Å²) >= 11 is 1.49. The molecule has 1 aromatic heterocycles. The molecule has 1 heterocycles. The molecule has 0 fully saturated rings. The third kappa shape index (κ3) is 3.35. The first-order valence-electron chi connectivity index (χ1n) is 7.42. The van der Waals surface area contributed by atoms with Crippen LogP contribution in [0.5, 0.6) is 5.75 Å². The van der Waals surface area contributed by atoms with E-state index in [4.69, 9.17) is 4.74 Å². The van der Waals surface area contributed by atoms with Crippen LogP contribution in [-0.4, -0.2) is 18.0 Å². The maximum absolute atomic E-state index is 12.3. The van der Waals surface area contributed by atoms with Crippen LogP contribution >= 0.6 is 11.3 Å². The average Bonchev–Trinajstić information content (AvgIpc) is 2.96. The highest BCUT2D eigenvalue weighted by Gasteiger charge is 2.11. The molecule has 0 aliphatic carbocycles. The minimum Gasteiger partial charge on any atom is -0.497 e. The third-order valence-corrected chi connectivity index (χ3v) is 4.57. The first-order valence-corrected chi connectivity index (χ1v) is 8.24. The highest BCUT2D eigenvalue weighted by atomic mass is 32.1. The molecule has 23 heavy (non-hydrogen) atoms. The SMILES string of the molecule is COc1cccc(C(=O)Nc2nc3ccc(C(C)C)cc3s2)c1. The zero-order chi connectivity index (χ0) is 16.4. The highest BCUT2D eigenvalue weighted by Crippen LogP contribution is 2.29. The molecule has 118 valence electrons.